The lowest BCUT2D eigenvalue weighted by Gasteiger charge is -2.43. The van der Waals surface area contributed by atoms with E-state index in [1.807, 2.05) is 51.9 Å². The minimum Gasteiger partial charge on any atom is -0.507 e. The smallest absolute Gasteiger partial charge is 0.249 e. The number of piperazine rings is 1. The highest BCUT2D eigenvalue weighted by molar-refractivity contribution is 6.00. The van der Waals surface area contributed by atoms with Gasteiger partial charge in [-0.15, -0.1) is 10.2 Å². The number of likely N-dealkylation sites (tertiary alicyclic amines) is 1. The molecule has 3 amide bonds. The number of imide groups is 1. The van der Waals surface area contributed by atoms with E-state index in [-0.39, 0.29) is 54.5 Å². The first-order valence-corrected chi connectivity index (χ1v) is 21.8. The first-order valence-electron chi connectivity index (χ1n) is 21.8. The Labute approximate surface area is 359 Å². The molecule has 2 aromatic heterocycles. The number of phenolic OH excluding ortho intramolecular Hbond substituents is 1. The molecular formula is C46H52N10O6. The predicted octanol–water partition coefficient (Wildman–Crippen LogP) is 4.41. The summed E-state index contributed by atoms with van der Waals surface area (Å²) in [5.41, 5.74) is 11.0. The van der Waals surface area contributed by atoms with E-state index in [0.717, 1.165) is 59.8 Å². The summed E-state index contributed by atoms with van der Waals surface area (Å²) in [6, 6.07) is 23.4. The summed E-state index contributed by atoms with van der Waals surface area (Å²) < 4.78 is 8.40. The van der Waals surface area contributed by atoms with Gasteiger partial charge in [0.2, 0.25) is 17.7 Å². The van der Waals surface area contributed by atoms with Crippen LogP contribution in [0.5, 0.6) is 11.5 Å². The van der Waals surface area contributed by atoms with Gasteiger partial charge in [-0.05, 0) is 74.6 Å². The highest BCUT2D eigenvalue weighted by atomic mass is 16.5. The summed E-state index contributed by atoms with van der Waals surface area (Å²) in [6.07, 6.45) is 6.91. The number of phenols is 1. The molecule has 16 nitrogen and oxygen atoms in total. The molecule has 3 aromatic carbocycles. The molecule has 0 radical (unpaired) electrons. The number of nitrogens with two attached hydrogens (primary N) is 1. The third-order valence-corrected chi connectivity index (χ3v) is 13.7. The van der Waals surface area contributed by atoms with Crippen molar-refractivity contribution in [3.63, 3.8) is 0 Å². The number of fused-ring (bicyclic) bond motifs is 3. The predicted molar refractivity (Wildman–Crippen MR) is 234 cm³/mol. The van der Waals surface area contributed by atoms with Crippen molar-refractivity contribution >= 4 is 51.6 Å². The summed E-state index contributed by atoms with van der Waals surface area (Å²) in [6.45, 7) is 3.86. The first kappa shape index (κ1) is 39.7. The number of benzene rings is 3. The fraction of sp³-hybridized carbons (Fsp3) is 0.435. The number of para-hydroxylation sites is 2. The van der Waals surface area contributed by atoms with Gasteiger partial charge in [0.25, 0.3) is 0 Å². The number of hydrogen-bond donors (Lipinski definition) is 4. The van der Waals surface area contributed by atoms with Crippen molar-refractivity contribution in [3.8, 4) is 22.8 Å². The first-order chi connectivity index (χ1) is 30.1. The maximum Gasteiger partial charge on any atom is 0.249 e. The third-order valence-electron chi connectivity index (χ3n) is 13.7. The van der Waals surface area contributed by atoms with Gasteiger partial charge < -0.3 is 44.9 Å². The van der Waals surface area contributed by atoms with E-state index in [9.17, 15) is 24.6 Å². The summed E-state index contributed by atoms with van der Waals surface area (Å²) >= 11 is 0. The number of aromatic hydroxyl groups is 1. The van der Waals surface area contributed by atoms with Crippen LogP contribution in [0.25, 0.3) is 22.3 Å². The van der Waals surface area contributed by atoms with Crippen LogP contribution < -0.4 is 30.5 Å². The maximum atomic E-state index is 13.6. The molecule has 3 unspecified atom stereocenters. The minimum absolute atomic E-state index is 0.0178. The lowest BCUT2D eigenvalue weighted by atomic mass is 9.87. The number of aliphatic hydroxyl groups is 1. The summed E-state index contributed by atoms with van der Waals surface area (Å²) in [4.78, 5) is 51.5. The van der Waals surface area contributed by atoms with Crippen molar-refractivity contribution in [2.45, 2.75) is 87.6 Å². The number of hydrogen-bond acceptors (Lipinski definition) is 13. The molecule has 5 saturated heterocycles. The van der Waals surface area contributed by atoms with Crippen LogP contribution in [-0.2, 0) is 14.4 Å². The zero-order valence-corrected chi connectivity index (χ0v) is 34.6. The Morgan fingerprint density at radius 1 is 0.855 bits per heavy atom. The number of nitrogen functional groups attached to an aromatic ring is 1. The second kappa shape index (κ2) is 16.1. The Balaban J connectivity index is 0.717. The molecule has 0 aliphatic carbocycles. The van der Waals surface area contributed by atoms with Crippen LogP contribution in [0.3, 0.4) is 0 Å². The largest absolute Gasteiger partial charge is 0.507 e. The molecule has 0 saturated carbocycles. The Hall–Kier alpha value is -6.42. The summed E-state index contributed by atoms with van der Waals surface area (Å²) in [5.74, 6) is 0.756. The number of amides is 3. The number of anilines is 4. The van der Waals surface area contributed by atoms with Crippen molar-refractivity contribution in [1.29, 1.82) is 0 Å². The maximum absolute atomic E-state index is 13.6. The van der Waals surface area contributed by atoms with Crippen LogP contribution in [0.2, 0.25) is 0 Å². The monoisotopic (exact) mass is 840 g/mol. The number of ether oxygens (including phenoxy) is 1. The Morgan fingerprint density at radius 2 is 1.61 bits per heavy atom. The lowest BCUT2D eigenvalue weighted by molar-refractivity contribution is -0.139. The molecule has 0 spiro atoms. The standard InChI is InChI=1S/C46H52N10O6/c47-44-39(24-35(50-51-44)34-7-1-2-10-40(34)57)54-26-30-11-12-31(27-54)56(30)29-5-3-6-33(23-29)62-32-15-19-53(20-16-32)42(59)25-46(61)17-21-52(22-18-46)36-8-4-9-37-43(36)48-28-55(37)38-13-14-41(58)49-45(38)60/h1-10,23-24,28,30-32,38,57,61H,11-22,25-27H2,(H2,47,51)(H,49,58,60). The van der Waals surface area contributed by atoms with Gasteiger partial charge >= 0.3 is 0 Å². The fourth-order valence-electron chi connectivity index (χ4n) is 10.3. The zero-order valence-electron chi connectivity index (χ0n) is 34.6. The van der Waals surface area contributed by atoms with Crippen LogP contribution in [0.4, 0.5) is 22.9 Å². The highest BCUT2D eigenvalue weighted by Gasteiger charge is 2.42. The Kier molecular flexibility index (Phi) is 10.3. The van der Waals surface area contributed by atoms with Crippen LogP contribution in [0, 0.1) is 0 Å². The Bertz CT molecular complexity index is 2500. The molecule has 10 rings (SSSR count). The molecule has 5 fully saturated rings. The molecule has 5 N–H and O–H groups in total. The van der Waals surface area contributed by atoms with E-state index in [1.54, 1.807) is 18.5 Å². The Morgan fingerprint density at radius 3 is 2.37 bits per heavy atom. The lowest BCUT2D eigenvalue weighted by Crippen LogP contribution is -2.54. The number of nitrogens with one attached hydrogen (secondary N) is 1. The van der Waals surface area contributed by atoms with Gasteiger partial charge in [-0.1, -0.05) is 24.3 Å². The second-order valence-electron chi connectivity index (χ2n) is 17.6. The van der Waals surface area contributed by atoms with E-state index in [4.69, 9.17) is 10.5 Å². The van der Waals surface area contributed by atoms with Crippen LogP contribution in [0.15, 0.2) is 79.1 Å². The minimum atomic E-state index is -1.09. The number of aromatic nitrogens is 4. The molecular weight excluding hydrogens is 789 g/mol. The number of piperidine rings is 3. The topological polar surface area (TPSA) is 196 Å². The van der Waals surface area contributed by atoms with Gasteiger partial charge in [0.1, 0.15) is 29.2 Å². The van der Waals surface area contributed by atoms with Gasteiger partial charge in [0, 0.05) is 87.9 Å². The average molecular weight is 841 g/mol. The molecule has 16 heteroatoms. The number of imidazole rings is 1. The van der Waals surface area contributed by atoms with E-state index in [2.05, 4.69) is 53.4 Å². The molecule has 5 aromatic rings. The van der Waals surface area contributed by atoms with Crippen LogP contribution >= 0.6 is 0 Å². The van der Waals surface area contributed by atoms with Crippen molar-refractivity contribution in [2.24, 2.45) is 0 Å². The van der Waals surface area contributed by atoms with Gasteiger partial charge in [-0.25, -0.2) is 4.98 Å². The number of carbonyl (C=O) groups is 3. The molecule has 7 heterocycles. The summed E-state index contributed by atoms with van der Waals surface area (Å²) in [7, 11) is 0. The number of rotatable bonds is 9. The molecule has 2 bridgehead atoms. The van der Waals surface area contributed by atoms with Crippen LogP contribution in [-0.4, -0.2) is 116 Å². The zero-order chi connectivity index (χ0) is 42.5. The van der Waals surface area contributed by atoms with Gasteiger partial charge in [0.15, 0.2) is 5.82 Å². The second-order valence-corrected chi connectivity index (χ2v) is 17.6. The van der Waals surface area contributed by atoms with Crippen molar-refractivity contribution in [3.05, 3.63) is 79.1 Å². The summed E-state index contributed by atoms with van der Waals surface area (Å²) in [5, 5.41) is 33.0. The number of carbonyl (C=O) groups excluding carboxylic acids is 3. The number of nitrogens with zero attached hydrogens (tertiary/aromatic N) is 8. The van der Waals surface area contributed by atoms with Crippen molar-refractivity contribution in [2.75, 3.05) is 59.7 Å². The molecule has 62 heavy (non-hydrogen) atoms. The van der Waals surface area contributed by atoms with Crippen LogP contribution in [0.1, 0.15) is 63.8 Å². The third kappa shape index (κ3) is 7.60. The molecule has 322 valence electrons. The molecule has 5 aliphatic rings. The van der Waals surface area contributed by atoms with Gasteiger partial charge in [-0.3, -0.25) is 19.7 Å². The molecule has 3 atom stereocenters. The quantitative estimate of drug-likeness (QED) is 0.153. The van der Waals surface area contributed by atoms with Crippen molar-refractivity contribution < 1.29 is 29.3 Å². The molecule has 5 aliphatic heterocycles. The van der Waals surface area contributed by atoms with Gasteiger partial charge in [0.05, 0.1) is 40.9 Å². The average Bonchev–Trinajstić information content (AvgIpc) is 3.82. The van der Waals surface area contributed by atoms with Gasteiger partial charge in [-0.2, -0.15) is 0 Å². The fourth-order valence-corrected chi connectivity index (χ4v) is 10.3. The normalized spacial score (nSPS) is 22.9. The highest BCUT2D eigenvalue weighted by Crippen LogP contribution is 2.40. The van der Waals surface area contributed by atoms with E-state index in [0.29, 0.717) is 75.4 Å². The van der Waals surface area contributed by atoms with Crippen molar-refractivity contribution in [1.82, 2.24) is 30.0 Å². The van der Waals surface area contributed by atoms with E-state index in [1.165, 1.54) is 0 Å². The van der Waals surface area contributed by atoms with E-state index >= 15 is 0 Å². The van der Waals surface area contributed by atoms with E-state index < -0.39 is 11.6 Å². The SMILES string of the molecule is Nc1nnc(-c2ccccc2O)cc1N1CC2CCC(C1)N2c1cccc(OC2CCN(C(=O)CC3(O)CCN(c4cccc5c4ncn5C4CCC(=O)NC4=O)CC3)CC2)c1.